The first kappa shape index (κ1) is 32.9. The largest absolute Gasteiger partial charge is 3.00 e. The van der Waals surface area contributed by atoms with Crippen molar-refractivity contribution in [2.75, 3.05) is 0 Å². The van der Waals surface area contributed by atoms with Crippen LogP contribution in [0.3, 0.4) is 0 Å². The molecule has 40 heavy (non-hydrogen) atoms. The third-order valence-corrected chi connectivity index (χ3v) is 4.75. The molecule has 0 atom stereocenters. The van der Waals surface area contributed by atoms with Gasteiger partial charge < -0.3 is 15.6 Å². The number of hydrogen-bond donors (Lipinski definition) is 9. The Morgan fingerprint density at radius 3 is 1.32 bits per heavy atom. The summed E-state index contributed by atoms with van der Waals surface area (Å²) in [5, 5.41) is 49.8. The summed E-state index contributed by atoms with van der Waals surface area (Å²) < 4.78 is 0.496. The predicted molar refractivity (Wildman–Crippen MR) is 138 cm³/mol. The molecular weight excluding hydrogens is 610 g/mol. The third kappa shape index (κ3) is 8.99. The molecule has 3 heterocycles. The van der Waals surface area contributed by atoms with Crippen LogP contribution in [0.5, 0.6) is 0 Å². The van der Waals surface area contributed by atoms with Gasteiger partial charge in [0, 0.05) is 11.1 Å². The zero-order chi connectivity index (χ0) is 28.6. The maximum Gasteiger partial charge on any atom is 3.00 e. The van der Waals surface area contributed by atoms with E-state index in [4.69, 9.17) is 54.8 Å². The monoisotopic (exact) mass is 627 g/mol. The molecule has 3 aromatic rings. The summed E-state index contributed by atoms with van der Waals surface area (Å²) in [5.74, 6) is 0. The Labute approximate surface area is 241 Å². The van der Waals surface area contributed by atoms with Crippen molar-refractivity contribution < 1.29 is 33.0 Å². The molecule has 1 aromatic heterocycles. The Balaban J connectivity index is 0.000000712. The van der Waals surface area contributed by atoms with Crippen LogP contribution in [0, 0.1) is 24.3 Å². The molecule has 0 aliphatic carbocycles. The molecule has 2 aliphatic rings. The number of fused-ring (bicyclic) bond motifs is 6. The van der Waals surface area contributed by atoms with E-state index in [0.717, 1.165) is 22.5 Å². The molecule has 0 amide bonds. The predicted octanol–water partition coefficient (Wildman–Crippen LogP) is 3.56. The van der Waals surface area contributed by atoms with Crippen LogP contribution in [0.4, 0.5) is 11.4 Å². The van der Waals surface area contributed by atoms with Crippen LogP contribution in [0.1, 0.15) is 0 Å². The van der Waals surface area contributed by atoms with Crippen molar-refractivity contribution >= 4 is 35.8 Å². The van der Waals surface area contributed by atoms with Crippen LogP contribution in [0.15, 0.2) is 74.5 Å². The molecule has 2 aliphatic heterocycles. The minimum Gasteiger partial charge on any atom is -0.379 e. The van der Waals surface area contributed by atoms with Crippen LogP contribution in [0.2, 0.25) is 0 Å². The summed E-state index contributed by atoms with van der Waals surface area (Å²) in [6.45, 7) is 0. The van der Waals surface area contributed by atoms with E-state index >= 15 is 0 Å². The summed E-state index contributed by atoms with van der Waals surface area (Å²) in [6.07, 6.45) is 0. The van der Waals surface area contributed by atoms with Crippen molar-refractivity contribution in [1.82, 2.24) is 40.8 Å². The van der Waals surface area contributed by atoms with Crippen molar-refractivity contribution in [3.63, 3.8) is 0 Å². The van der Waals surface area contributed by atoms with E-state index in [1.165, 1.54) is 16.0 Å². The number of aromatic amines is 6. The first-order valence-corrected chi connectivity index (χ1v) is 10.8. The summed E-state index contributed by atoms with van der Waals surface area (Å²) >= 11 is 10.6. The summed E-state index contributed by atoms with van der Waals surface area (Å²) in [6, 6.07) is 15.3. The van der Waals surface area contributed by atoms with Crippen molar-refractivity contribution in [1.29, 1.82) is 0 Å². The van der Waals surface area contributed by atoms with E-state index in [2.05, 4.69) is 50.8 Å². The summed E-state index contributed by atoms with van der Waals surface area (Å²) in [7, 11) is 0. The van der Waals surface area contributed by atoms with Gasteiger partial charge in [-0.15, -0.1) is 14.7 Å². The first-order chi connectivity index (χ1) is 18.9. The van der Waals surface area contributed by atoms with Crippen LogP contribution in [-0.2, 0) is 17.4 Å². The molecule has 19 nitrogen and oxygen atoms in total. The molecule has 0 spiro atoms. The molecule has 5 rings (SSSR count). The molecule has 0 saturated heterocycles. The molecule has 2 aromatic carbocycles. The number of rotatable bonds is 0. The Morgan fingerprint density at radius 2 is 0.950 bits per heavy atom. The van der Waals surface area contributed by atoms with Crippen molar-refractivity contribution in [2.24, 2.45) is 26.0 Å². The maximum absolute atomic E-state index is 8.11. The van der Waals surface area contributed by atoms with Gasteiger partial charge in [-0.25, -0.2) is 9.98 Å². The smallest absolute Gasteiger partial charge is 0.379 e. The Morgan fingerprint density at radius 1 is 0.600 bits per heavy atom. The normalized spacial score (nSPS) is 9.50. The van der Waals surface area contributed by atoms with Gasteiger partial charge in [0.25, 0.3) is 0 Å². The second-order valence-electron chi connectivity index (χ2n) is 6.50. The molecule has 0 unspecified atom stereocenters. The molecule has 0 saturated carbocycles. The second-order valence-corrected chi connectivity index (χ2v) is 7.32. The van der Waals surface area contributed by atoms with E-state index in [1.54, 1.807) is 0 Å². The van der Waals surface area contributed by atoms with E-state index in [-0.39, 0.29) is 26.9 Å². The number of H-pyrrole nitrogens is 6. The molecule has 9 N–H and O–H groups in total. The quantitative estimate of drug-likeness (QED) is 0.0683. The van der Waals surface area contributed by atoms with Gasteiger partial charge >= 0.3 is 17.4 Å². The van der Waals surface area contributed by atoms with E-state index < -0.39 is 0 Å². The van der Waals surface area contributed by atoms with Crippen LogP contribution in [-0.4, -0.2) is 56.4 Å². The summed E-state index contributed by atoms with van der Waals surface area (Å²) in [5.41, 5.74) is 5.40. The number of benzene rings is 2. The second kappa shape index (κ2) is 17.4. The fraction of sp³-hybridized carbons (Fsp3) is 0. The minimum atomic E-state index is 0. The fourth-order valence-corrected chi connectivity index (χ4v) is 3.24. The van der Waals surface area contributed by atoms with Gasteiger partial charge in [-0.3, -0.25) is 30.6 Å². The van der Waals surface area contributed by atoms with Crippen molar-refractivity contribution in [3.8, 4) is 22.5 Å². The average Bonchev–Trinajstić information content (AvgIpc) is 3.46. The first-order valence-electron chi connectivity index (χ1n) is 10.00. The van der Waals surface area contributed by atoms with E-state index in [9.17, 15) is 0 Å². The topological polar surface area (TPSA) is 294 Å². The molecule has 22 heteroatoms. The Bertz CT molecular complexity index is 1610. The molecule has 1 radical (unpaired) electrons. The van der Waals surface area contributed by atoms with Crippen molar-refractivity contribution in [3.05, 3.63) is 83.8 Å². The van der Waals surface area contributed by atoms with Crippen molar-refractivity contribution in [2.45, 2.75) is 0 Å². The van der Waals surface area contributed by atoms with Gasteiger partial charge in [-0.1, -0.05) is 36.4 Å². The van der Waals surface area contributed by atoms with E-state index in [0.29, 0.717) is 22.4 Å². The summed E-state index contributed by atoms with van der Waals surface area (Å²) in [4.78, 5) is 33.4. The number of nitrogens with one attached hydrogen (secondary N) is 6. The Hall–Kier alpha value is -5.17. The molecule has 0 fully saturated rings. The number of hydrogen-bond acceptors (Lipinski definition) is 12. The van der Waals surface area contributed by atoms with Crippen LogP contribution in [0.25, 0.3) is 22.5 Å². The zero-order valence-corrected chi connectivity index (χ0v) is 22.4. The minimum absolute atomic E-state index is 0. The molecule has 0 bridgehead atoms. The standard InChI is InChI=1S/C18H14N10S2.Cr.3HNO2/c29-17-25-21-13-9-5-1-3-7-11(9)19-15(13)23-27-18(30)28-24-16-14(22-26-17)10-6-2-4-8-12(10)20-16;;3*2-1-3/h1-8H,(H,19,23)(H,20,24)(H2,25,26,29)(H2,27,28,30);;3*(H,2,3)/q;+3;;;. The average molecular weight is 628 g/mol. The van der Waals surface area contributed by atoms with E-state index in [1.807, 2.05) is 48.5 Å². The van der Waals surface area contributed by atoms with Gasteiger partial charge in [-0.05, 0) is 36.6 Å². The third-order valence-electron chi connectivity index (χ3n) is 4.36. The fourth-order valence-electron chi connectivity index (χ4n) is 3.05. The maximum atomic E-state index is 8.11. The van der Waals surface area contributed by atoms with Gasteiger partial charge in [-0.2, -0.15) is 10.2 Å². The van der Waals surface area contributed by atoms with Gasteiger partial charge in [0.2, 0.25) is 9.54 Å². The van der Waals surface area contributed by atoms with Crippen LogP contribution < -0.4 is 11.0 Å². The van der Waals surface area contributed by atoms with Crippen LogP contribution >= 0.6 is 24.4 Å². The van der Waals surface area contributed by atoms with Gasteiger partial charge in [0.1, 0.15) is 11.4 Å². The molecule has 205 valence electrons. The van der Waals surface area contributed by atoms with Gasteiger partial charge in [0.15, 0.2) is 27.0 Å². The Kier molecular flexibility index (Phi) is 14.3. The number of nitrogens with zero attached hydrogens (tertiary/aromatic N) is 7. The SMILES string of the molecule is O=NO.O=NO.O=NO.S=c1[nH]nc2c([nH][nH]c(=S)[nH][nH]c3c(n[nH]1)-c1ccccc1N=3)=Nc1ccccc1-2.[Cr+3]. The molecular formula is C18H17CrN13O6S2+3. The zero-order valence-electron chi connectivity index (χ0n) is 19.5. The number of aromatic nitrogens is 8. The number of para-hydroxylation sites is 2. The van der Waals surface area contributed by atoms with Gasteiger partial charge in [0.05, 0.1) is 11.4 Å².